The molecule has 1 N–H and O–H groups in total. The number of nitrogens with zero attached hydrogens (tertiary/aromatic N) is 4. The van der Waals surface area contributed by atoms with Crippen LogP contribution in [0.15, 0.2) is 128 Å². The third-order valence-corrected chi connectivity index (χ3v) is 7.08. The Bertz CT molecular complexity index is 1540. The number of benzene rings is 3. The van der Waals surface area contributed by atoms with Crippen molar-refractivity contribution in [1.82, 2.24) is 5.32 Å². The van der Waals surface area contributed by atoms with Gasteiger partial charge in [0, 0.05) is 6.42 Å². The second-order valence-corrected chi connectivity index (χ2v) is 9.74. The van der Waals surface area contributed by atoms with Crippen LogP contribution in [0, 0.1) is 0 Å². The zero-order valence-corrected chi connectivity index (χ0v) is 21.1. The number of carbonyl (C=O) groups excluding carboxylic acids is 1. The molecule has 186 valence electrons. The molecule has 3 aromatic carbocycles. The fourth-order valence-corrected chi connectivity index (χ4v) is 5.12. The first-order chi connectivity index (χ1) is 18.7. The lowest BCUT2D eigenvalue weighted by molar-refractivity contribution is -0.115. The average molecular weight is 518 g/mol. The Morgan fingerprint density at radius 3 is 2.45 bits per heavy atom. The predicted octanol–water partition coefficient (Wildman–Crippen LogP) is 6.23. The van der Waals surface area contributed by atoms with Crippen molar-refractivity contribution >= 4 is 46.5 Å². The first-order valence-corrected chi connectivity index (χ1v) is 13.0. The van der Waals surface area contributed by atoms with E-state index in [1.54, 1.807) is 18.4 Å². The molecule has 8 heteroatoms. The molecule has 4 aromatic rings. The van der Waals surface area contributed by atoms with Gasteiger partial charge < -0.3 is 4.42 Å². The molecular formula is C30H23N5O2S. The second kappa shape index (κ2) is 10.7. The zero-order valence-electron chi connectivity index (χ0n) is 20.3. The van der Waals surface area contributed by atoms with Gasteiger partial charge in [0.2, 0.25) is 0 Å². The van der Waals surface area contributed by atoms with E-state index in [1.807, 2.05) is 54.6 Å². The number of amidine groups is 1. The molecule has 3 heterocycles. The Labute approximate surface area is 224 Å². The van der Waals surface area contributed by atoms with Crippen LogP contribution in [0.5, 0.6) is 0 Å². The summed E-state index contributed by atoms with van der Waals surface area (Å²) in [7, 11) is 0. The van der Waals surface area contributed by atoms with E-state index in [0.29, 0.717) is 15.8 Å². The fourth-order valence-electron chi connectivity index (χ4n) is 4.34. The molecule has 6 rings (SSSR count). The van der Waals surface area contributed by atoms with Gasteiger partial charge in [-0.2, -0.15) is 10.2 Å². The smallest absolute Gasteiger partial charge is 0.264 e. The van der Waals surface area contributed by atoms with Crippen LogP contribution in [0.4, 0.5) is 5.69 Å². The van der Waals surface area contributed by atoms with Gasteiger partial charge >= 0.3 is 0 Å². The van der Waals surface area contributed by atoms with Gasteiger partial charge in [-0.25, -0.2) is 0 Å². The minimum absolute atomic E-state index is 0.104. The maximum absolute atomic E-state index is 12.5. The molecule has 0 spiro atoms. The third-order valence-electron chi connectivity index (χ3n) is 6.18. The highest BCUT2D eigenvalue weighted by molar-refractivity contribution is 8.18. The summed E-state index contributed by atoms with van der Waals surface area (Å²) < 4.78 is 5.19. The molecule has 2 aliphatic rings. The van der Waals surface area contributed by atoms with Gasteiger partial charge in [-0.15, -0.1) is 5.10 Å². The quantitative estimate of drug-likeness (QED) is 0.187. The van der Waals surface area contributed by atoms with Gasteiger partial charge in [-0.1, -0.05) is 72.8 Å². The molecule has 1 unspecified atom stereocenters. The first kappa shape index (κ1) is 23.7. The first-order valence-electron chi connectivity index (χ1n) is 12.2. The molecule has 0 aliphatic carbocycles. The molecule has 0 saturated carbocycles. The van der Waals surface area contributed by atoms with Crippen LogP contribution in [0.1, 0.15) is 34.9 Å². The molecular weight excluding hydrogens is 494 g/mol. The highest BCUT2D eigenvalue weighted by Gasteiger charge is 2.30. The van der Waals surface area contributed by atoms with Gasteiger partial charge in [0.25, 0.3) is 5.91 Å². The average Bonchev–Trinajstić information content (AvgIpc) is 3.71. The topological polar surface area (TPSA) is 82.6 Å². The molecule has 1 fully saturated rings. The lowest BCUT2D eigenvalue weighted by Gasteiger charge is -2.24. The monoisotopic (exact) mass is 517 g/mol. The number of hydrogen-bond acceptors (Lipinski definition) is 7. The van der Waals surface area contributed by atoms with E-state index in [2.05, 4.69) is 56.9 Å². The van der Waals surface area contributed by atoms with Crippen molar-refractivity contribution in [2.75, 3.05) is 5.01 Å². The molecule has 2 aliphatic heterocycles. The number of carbonyl (C=O) groups is 1. The van der Waals surface area contributed by atoms with E-state index in [9.17, 15) is 4.79 Å². The van der Waals surface area contributed by atoms with Crippen molar-refractivity contribution in [2.24, 2.45) is 15.3 Å². The van der Waals surface area contributed by atoms with Gasteiger partial charge in [0.05, 0.1) is 34.8 Å². The van der Waals surface area contributed by atoms with Crippen LogP contribution in [0.3, 0.4) is 0 Å². The van der Waals surface area contributed by atoms with Crippen molar-refractivity contribution in [3.63, 3.8) is 0 Å². The second-order valence-electron chi connectivity index (χ2n) is 8.71. The van der Waals surface area contributed by atoms with Crippen molar-refractivity contribution < 1.29 is 9.21 Å². The Hall–Kier alpha value is -4.69. The number of amides is 1. The molecule has 0 bridgehead atoms. The van der Waals surface area contributed by atoms with Crippen molar-refractivity contribution in [2.45, 2.75) is 12.5 Å². The maximum atomic E-state index is 12.5. The van der Waals surface area contributed by atoms with Crippen LogP contribution in [-0.2, 0) is 4.79 Å². The van der Waals surface area contributed by atoms with Gasteiger partial charge in [0.1, 0.15) is 5.76 Å². The van der Waals surface area contributed by atoms with E-state index in [4.69, 9.17) is 9.52 Å². The minimum Gasteiger partial charge on any atom is -0.463 e. The van der Waals surface area contributed by atoms with E-state index in [1.165, 1.54) is 23.5 Å². The summed E-state index contributed by atoms with van der Waals surface area (Å²) in [4.78, 5) is 13.0. The summed E-state index contributed by atoms with van der Waals surface area (Å²) in [6, 6.07) is 32.5. The summed E-state index contributed by atoms with van der Waals surface area (Å²) in [5, 5.41) is 18.3. The summed E-state index contributed by atoms with van der Waals surface area (Å²) in [6.07, 6.45) is 5.72. The normalized spacial score (nSPS) is 19.5. The summed E-state index contributed by atoms with van der Waals surface area (Å²) >= 11 is 1.25. The zero-order chi connectivity index (χ0) is 25.7. The van der Waals surface area contributed by atoms with Crippen molar-refractivity contribution in [3.05, 3.63) is 131 Å². The molecule has 7 nitrogen and oxygen atoms in total. The number of anilines is 1. The van der Waals surface area contributed by atoms with Crippen molar-refractivity contribution in [3.8, 4) is 0 Å². The highest BCUT2D eigenvalue weighted by Crippen LogP contribution is 2.37. The summed E-state index contributed by atoms with van der Waals surface area (Å²) in [6.45, 7) is 0. The van der Waals surface area contributed by atoms with Crippen LogP contribution in [-0.4, -0.2) is 23.0 Å². The fraction of sp³-hybridized carbons (Fsp3) is 0.0667. The highest BCUT2D eigenvalue weighted by atomic mass is 32.2. The molecule has 1 aromatic heterocycles. The van der Waals surface area contributed by atoms with Gasteiger partial charge in [-0.3, -0.25) is 15.1 Å². The molecule has 0 radical (unpaired) electrons. The maximum Gasteiger partial charge on any atom is 0.264 e. The Kier molecular flexibility index (Phi) is 6.70. The Balaban J connectivity index is 1.22. The summed E-state index contributed by atoms with van der Waals surface area (Å²) in [5.41, 5.74) is 5.31. The van der Waals surface area contributed by atoms with Crippen molar-refractivity contribution in [1.29, 1.82) is 0 Å². The van der Waals surface area contributed by atoms with E-state index >= 15 is 0 Å². The molecule has 38 heavy (non-hydrogen) atoms. The molecule has 1 atom stereocenters. The number of furan rings is 1. The number of hydrogen-bond donors (Lipinski definition) is 1. The van der Waals surface area contributed by atoms with E-state index in [-0.39, 0.29) is 11.9 Å². The van der Waals surface area contributed by atoms with Gasteiger partial charge in [-0.05, 0) is 58.8 Å². The lowest BCUT2D eigenvalue weighted by atomic mass is 9.98. The van der Waals surface area contributed by atoms with E-state index < -0.39 is 0 Å². The standard InChI is InChI=1S/C30H23N5O2S/c36-29-28(38-30(32-29)33-31-20-25-12-7-17-37-25)18-21-13-15-24(16-14-21)35-27(23-10-5-2-6-11-23)19-26(34-35)22-8-3-1-4-9-22/h1-18,20,27H,19H2,(H,32,33,36). The lowest BCUT2D eigenvalue weighted by Crippen LogP contribution is -2.19. The van der Waals surface area contributed by atoms with Crippen LogP contribution < -0.4 is 10.3 Å². The van der Waals surface area contributed by atoms with E-state index in [0.717, 1.165) is 28.9 Å². The Morgan fingerprint density at radius 2 is 1.71 bits per heavy atom. The number of hydrazone groups is 1. The number of rotatable bonds is 6. The van der Waals surface area contributed by atoms with Crippen LogP contribution >= 0.6 is 11.8 Å². The predicted molar refractivity (Wildman–Crippen MR) is 153 cm³/mol. The molecule has 1 saturated heterocycles. The molecule has 1 amide bonds. The number of thioether (sulfide) groups is 1. The van der Waals surface area contributed by atoms with Gasteiger partial charge in [0.15, 0.2) is 5.17 Å². The van der Waals surface area contributed by atoms with Crippen LogP contribution in [0.25, 0.3) is 6.08 Å². The number of nitrogens with one attached hydrogen (secondary N) is 1. The minimum atomic E-state index is -0.202. The third kappa shape index (κ3) is 5.21. The Morgan fingerprint density at radius 1 is 0.947 bits per heavy atom. The largest absolute Gasteiger partial charge is 0.463 e. The summed E-state index contributed by atoms with van der Waals surface area (Å²) in [5.74, 6) is 0.388. The SMILES string of the molecule is O=C1N/C(=N\N=Cc2ccco2)SC1=Cc1ccc(N2N=C(c3ccccc3)CC2c2ccccc2)cc1. The van der Waals surface area contributed by atoms with Crippen LogP contribution in [0.2, 0.25) is 0 Å².